The number of aliphatic imine (C=N–C) groups is 1. The van der Waals surface area contributed by atoms with Gasteiger partial charge in [0.2, 0.25) is 6.08 Å². The zero-order chi connectivity index (χ0) is 9.40. The highest BCUT2D eigenvalue weighted by Gasteiger charge is 1.83. The largest absolute Gasteiger partial charge is 0.508 e. The van der Waals surface area contributed by atoms with Gasteiger partial charge in [0.25, 0.3) is 0 Å². The molecule has 0 fully saturated rings. The van der Waals surface area contributed by atoms with Crippen LogP contribution in [0.25, 0.3) is 0 Å². The first-order valence-electron chi connectivity index (χ1n) is 3.21. The van der Waals surface area contributed by atoms with Gasteiger partial charge in [0.05, 0.1) is 0 Å². The molecular weight excluding hydrogens is 156 g/mol. The van der Waals surface area contributed by atoms with Crippen molar-refractivity contribution in [2.24, 2.45) is 4.99 Å². The van der Waals surface area contributed by atoms with Gasteiger partial charge in [-0.3, -0.25) is 0 Å². The molecule has 3 N–H and O–H groups in total. The van der Waals surface area contributed by atoms with Gasteiger partial charge in [-0.2, -0.15) is 0 Å². The molecule has 0 aliphatic rings. The number of phenols is 1. The van der Waals surface area contributed by atoms with E-state index in [9.17, 15) is 0 Å². The lowest BCUT2D eigenvalue weighted by Crippen LogP contribution is -1.80. The summed E-state index contributed by atoms with van der Waals surface area (Å²) < 4.78 is 0. The van der Waals surface area contributed by atoms with Gasteiger partial charge in [-0.25, -0.2) is 9.79 Å². The summed E-state index contributed by atoms with van der Waals surface area (Å²) in [5.41, 5.74) is 5.89. The number of rotatable bonds is 0. The number of hydrogen-bond donors (Lipinski definition) is 2. The SMILES string of the molecule is CN=C=O.Nc1cccc(O)c1. The third-order valence-electron chi connectivity index (χ3n) is 0.961. The van der Waals surface area contributed by atoms with Crippen LogP contribution in [-0.2, 0) is 4.79 Å². The standard InChI is InChI=1S/C6H7NO.C2H3NO/c7-5-2-1-3-6(8)4-5;1-3-2-4/h1-4,8H,7H2;1H3. The highest BCUT2D eigenvalue weighted by atomic mass is 16.3. The molecule has 0 spiro atoms. The van der Waals surface area contributed by atoms with Crippen molar-refractivity contribution in [1.82, 2.24) is 0 Å². The normalized spacial score (nSPS) is 7.42. The van der Waals surface area contributed by atoms with E-state index in [0.717, 1.165) is 0 Å². The van der Waals surface area contributed by atoms with Gasteiger partial charge in [0.1, 0.15) is 5.75 Å². The Hall–Kier alpha value is -1.80. The summed E-state index contributed by atoms with van der Waals surface area (Å²) in [6.07, 6.45) is 1.31. The van der Waals surface area contributed by atoms with Gasteiger partial charge in [-0.1, -0.05) is 6.07 Å². The Labute approximate surface area is 70.4 Å². The maximum Gasteiger partial charge on any atom is 0.234 e. The minimum Gasteiger partial charge on any atom is -0.508 e. The molecule has 12 heavy (non-hydrogen) atoms. The fraction of sp³-hybridized carbons (Fsp3) is 0.125. The number of benzene rings is 1. The third kappa shape index (κ3) is 5.02. The summed E-state index contributed by atoms with van der Waals surface area (Å²) in [4.78, 5) is 11.8. The number of anilines is 1. The van der Waals surface area contributed by atoms with Gasteiger partial charge in [-0.05, 0) is 12.1 Å². The maximum atomic E-state index is 8.88. The van der Waals surface area contributed by atoms with E-state index in [4.69, 9.17) is 15.6 Å². The summed E-state index contributed by atoms with van der Waals surface area (Å²) in [5.74, 6) is 0.213. The molecule has 1 aromatic rings. The molecule has 0 aromatic heterocycles. The molecule has 0 heterocycles. The first kappa shape index (κ1) is 10.2. The lowest BCUT2D eigenvalue weighted by Gasteiger charge is -1.90. The molecule has 64 valence electrons. The van der Waals surface area contributed by atoms with Crippen LogP contribution < -0.4 is 5.73 Å². The zero-order valence-corrected chi connectivity index (χ0v) is 6.69. The quantitative estimate of drug-likeness (QED) is 0.342. The Morgan fingerprint density at radius 1 is 1.58 bits per heavy atom. The van der Waals surface area contributed by atoms with Crippen molar-refractivity contribution in [3.63, 3.8) is 0 Å². The smallest absolute Gasteiger partial charge is 0.234 e. The minimum atomic E-state index is 0.213. The van der Waals surface area contributed by atoms with Gasteiger partial charge in [-0.15, -0.1) is 0 Å². The van der Waals surface area contributed by atoms with Crippen molar-refractivity contribution in [1.29, 1.82) is 0 Å². The number of isocyanates is 1. The minimum absolute atomic E-state index is 0.213. The van der Waals surface area contributed by atoms with Crippen molar-refractivity contribution >= 4 is 11.8 Å². The number of nitrogen functional groups attached to an aromatic ring is 1. The Morgan fingerprint density at radius 3 is 2.42 bits per heavy atom. The van der Waals surface area contributed by atoms with Crippen LogP contribution in [-0.4, -0.2) is 18.2 Å². The molecule has 0 amide bonds. The zero-order valence-electron chi connectivity index (χ0n) is 6.69. The number of nitrogens with two attached hydrogens (primary N) is 1. The highest BCUT2D eigenvalue weighted by Crippen LogP contribution is 2.10. The van der Waals surface area contributed by atoms with Crippen molar-refractivity contribution in [2.45, 2.75) is 0 Å². The van der Waals surface area contributed by atoms with Crippen molar-refractivity contribution in [3.8, 4) is 5.75 Å². The first-order valence-corrected chi connectivity index (χ1v) is 3.21. The average molecular weight is 166 g/mol. The van der Waals surface area contributed by atoms with E-state index in [-0.39, 0.29) is 5.75 Å². The predicted molar refractivity (Wildman–Crippen MR) is 46.6 cm³/mol. The number of carbonyl (C=O) groups excluding carboxylic acids is 1. The van der Waals surface area contributed by atoms with E-state index in [1.807, 2.05) is 0 Å². The average Bonchev–Trinajstić information content (AvgIpc) is 2.04. The van der Waals surface area contributed by atoms with Crippen LogP contribution in [0.3, 0.4) is 0 Å². The van der Waals surface area contributed by atoms with Crippen LogP contribution in [0.2, 0.25) is 0 Å². The van der Waals surface area contributed by atoms with Crippen LogP contribution >= 0.6 is 0 Å². The van der Waals surface area contributed by atoms with Crippen LogP contribution in [0.4, 0.5) is 5.69 Å². The molecule has 1 rings (SSSR count). The number of phenolic OH excluding ortho intramolecular Hbond substituents is 1. The second-order valence-electron chi connectivity index (χ2n) is 1.91. The number of aromatic hydroxyl groups is 1. The number of nitrogens with zero attached hydrogens (tertiary/aromatic N) is 1. The van der Waals surface area contributed by atoms with Crippen LogP contribution in [0, 0.1) is 0 Å². The monoisotopic (exact) mass is 166 g/mol. The van der Waals surface area contributed by atoms with Crippen molar-refractivity contribution < 1.29 is 9.90 Å². The second kappa shape index (κ2) is 5.95. The molecule has 0 radical (unpaired) electrons. The molecule has 4 heteroatoms. The summed E-state index contributed by atoms with van der Waals surface area (Å²) in [5, 5.41) is 8.73. The topological polar surface area (TPSA) is 75.7 Å². The highest BCUT2D eigenvalue weighted by molar-refractivity contribution is 5.42. The lowest BCUT2D eigenvalue weighted by molar-refractivity contribution is 0.475. The third-order valence-corrected chi connectivity index (χ3v) is 0.961. The Morgan fingerprint density at radius 2 is 2.17 bits per heavy atom. The van der Waals surface area contributed by atoms with Crippen molar-refractivity contribution in [2.75, 3.05) is 12.8 Å². The molecule has 0 saturated heterocycles. The Balaban J connectivity index is 0.000000261. The molecule has 0 aliphatic carbocycles. The van der Waals surface area contributed by atoms with Gasteiger partial charge in [0.15, 0.2) is 0 Å². The Bertz CT molecular complexity index is 263. The van der Waals surface area contributed by atoms with Gasteiger partial charge >= 0.3 is 0 Å². The molecule has 4 nitrogen and oxygen atoms in total. The summed E-state index contributed by atoms with van der Waals surface area (Å²) in [6, 6.07) is 6.50. The summed E-state index contributed by atoms with van der Waals surface area (Å²) in [7, 11) is 1.38. The van der Waals surface area contributed by atoms with E-state index < -0.39 is 0 Å². The predicted octanol–water partition coefficient (Wildman–Crippen LogP) is 0.926. The first-order chi connectivity index (χ1) is 5.70. The molecule has 0 saturated carbocycles. The van der Waals surface area contributed by atoms with Gasteiger partial charge in [0, 0.05) is 18.8 Å². The fourth-order valence-corrected chi connectivity index (χ4v) is 0.525. The van der Waals surface area contributed by atoms with E-state index in [1.165, 1.54) is 19.2 Å². The molecule has 0 atom stereocenters. The molecule has 0 bridgehead atoms. The molecular formula is C8H10N2O2. The summed E-state index contributed by atoms with van der Waals surface area (Å²) >= 11 is 0. The van der Waals surface area contributed by atoms with Crippen LogP contribution in [0.5, 0.6) is 5.75 Å². The van der Waals surface area contributed by atoms with E-state index in [1.54, 1.807) is 18.2 Å². The fourth-order valence-electron chi connectivity index (χ4n) is 0.525. The summed E-state index contributed by atoms with van der Waals surface area (Å²) in [6.45, 7) is 0. The molecule has 1 aromatic carbocycles. The lowest BCUT2D eigenvalue weighted by atomic mass is 10.3. The Kier molecular flexibility index (Phi) is 5.05. The second-order valence-corrected chi connectivity index (χ2v) is 1.91. The van der Waals surface area contributed by atoms with E-state index >= 15 is 0 Å². The number of hydrogen-bond acceptors (Lipinski definition) is 4. The molecule has 0 aliphatic heterocycles. The van der Waals surface area contributed by atoms with Gasteiger partial charge < -0.3 is 10.8 Å². The van der Waals surface area contributed by atoms with E-state index in [0.29, 0.717) is 5.69 Å². The maximum absolute atomic E-state index is 8.88. The van der Waals surface area contributed by atoms with E-state index in [2.05, 4.69) is 4.99 Å². The van der Waals surface area contributed by atoms with Crippen LogP contribution in [0.15, 0.2) is 29.3 Å². The van der Waals surface area contributed by atoms with Crippen molar-refractivity contribution in [3.05, 3.63) is 24.3 Å². The van der Waals surface area contributed by atoms with Crippen LogP contribution in [0.1, 0.15) is 0 Å². The molecule has 0 unspecified atom stereocenters.